The summed E-state index contributed by atoms with van der Waals surface area (Å²) >= 11 is 0. The molecule has 2 amide bonds. The lowest BCUT2D eigenvalue weighted by atomic mass is 9.76. The molecule has 5 heteroatoms. The second-order valence-electron chi connectivity index (χ2n) is 5.52. The Morgan fingerprint density at radius 3 is 2.89 bits per heavy atom. The number of hydrogen-bond donors (Lipinski definition) is 2. The molecule has 0 bridgehead atoms. The summed E-state index contributed by atoms with van der Waals surface area (Å²) in [5, 5.41) is 2.79. The lowest BCUT2D eigenvalue weighted by Crippen LogP contribution is -2.49. The van der Waals surface area contributed by atoms with Crippen LogP contribution in [0, 0.1) is 11.8 Å². The predicted octanol–water partition coefficient (Wildman–Crippen LogP) is 0.0984. The molecule has 0 aromatic carbocycles. The molecule has 2 aliphatic rings. The standard InChI is InChI=1S/C13H23N3O2/c1-9-3-2-4-10(14)12(9)13(18)16-7-5-11(17)15-6-8-16/h9-10,12H,2-8,14H2,1H3,(H,15,17). The monoisotopic (exact) mass is 253 g/mol. The van der Waals surface area contributed by atoms with Crippen LogP contribution in [-0.2, 0) is 9.59 Å². The highest BCUT2D eigenvalue weighted by Gasteiger charge is 2.36. The Balaban J connectivity index is 2.02. The van der Waals surface area contributed by atoms with Gasteiger partial charge in [0.05, 0.1) is 5.92 Å². The summed E-state index contributed by atoms with van der Waals surface area (Å²) in [5.74, 6) is 0.470. The van der Waals surface area contributed by atoms with Crippen LogP contribution in [0.5, 0.6) is 0 Å². The molecule has 1 saturated carbocycles. The van der Waals surface area contributed by atoms with Gasteiger partial charge in [-0.05, 0) is 18.8 Å². The number of amides is 2. The lowest BCUT2D eigenvalue weighted by molar-refractivity contribution is -0.138. The zero-order valence-corrected chi connectivity index (χ0v) is 11.0. The van der Waals surface area contributed by atoms with Crippen molar-refractivity contribution >= 4 is 11.8 Å². The third-order valence-corrected chi connectivity index (χ3v) is 4.18. The summed E-state index contributed by atoms with van der Waals surface area (Å²) in [5.41, 5.74) is 6.11. The predicted molar refractivity (Wildman–Crippen MR) is 68.7 cm³/mol. The number of nitrogens with two attached hydrogens (primary N) is 1. The molecule has 3 N–H and O–H groups in total. The average Bonchev–Trinajstić information content (AvgIpc) is 2.53. The zero-order valence-electron chi connectivity index (χ0n) is 11.0. The van der Waals surface area contributed by atoms with Crippen molar-refractivity contribution < 1.29 is 9.59 Å². The number of carbonyl (C=O) groups is 2. The molecule has 0 radical (unpaired) electrons. The minimum absolute atomic E-state index is 0.0202. The summed E-state index contributed by atoms with van der Waals surface area (Å²) in [7, 11) is 0. The van der Waals surface area contributed by atoms with Gasteiger partial charge < -0.3 is 16.0 Å². The van der Waals surface area contributed by atoms with Gasteiger partial charge in [0.1, 0.15) is 0 Å². The van der Waals surface area contributed by atoms with Crippen LogP contribution < -0.4 is 11.1 Å². The fraction of sp³-hybridized carbons (Fsp3) is 0.846. The smallest absolute Gasteiger partial charge is 0.227 e. The second-order valence-corrected chi connectivity index (χ2v) is 5.52. The maximum absolute atomic E-state index is 12.5. The highest BCUT2D eigenvalue weighted by Crippen LogP contribution is 2.30. The van der Waals surface area contributed by atoms with Gasteiger partial charge in [0.25, 0.3) is 0 Å². The lowest BCUT2D eigenvalue weighted by Gasteiger charge is -2.36. The molecule has 3 unspecified atom stereocenters. The van der Waals surface area contributed by atoms with Gasteiger partial charge in [-0.15, -0.1) is 0 Å². The van der Waals surface area contributed by atoms with Gasteiger partial charge in [-0.2, -0.15) is 0 Å². The van der Waals surface area contributed by atoms with Crippen LogP contribution in [0.4, 0.5) is 0 Å². The third-order valence-electron chi connectivity index (χ3n) is 4.18. The van der Waals surface area contributed by atoms with Crippen LogP contribution >= 0.6 is 0 Å². The second kappa shape index (κ2) is 5.69. The van der Waals surface area contributed by atoms with Gasteiger partial charge in [0.15, 0.2) is 0 Å². The van der Waals surface area contributed by atoms with Gasteiger partial charge in [-0.25, -0.2) is 0 Å². The summed E-state index contributed by atoms with van der Waals surface area (Å²) in [4.78, 5) is 25.6. The molecule has 102 valence electrons. The highest BCUT2D eigenvalue weighted by molar-refractivity contribution is 5.82. The maximum atomic E-state index is 12.5. The topological polar surface area (TPSA) is 75.4 Å². The number of carbonyl (C=O) groups excluding carboxylic acids is 2. The zero-order chi connectivity index (χ0) is 13.1. The molecule has 0 spiro atoms. The molecule has 1 saturated heterocycles. The molecular weight excluding hydrogens is 230 g/mol. The summed E-state index contributed by atoms with van der Waals surface area (Å²) in [6.07, 6.45) is 3.54. The Kier molecular flexibility index (Phi) is 4.22. The first-order valence-electron chi connectivity index (χ1n) is 6.90. The molecule has 2 rings (SSSR count). The van der Waals surface area contributed by atoms with Crippen LogP contribution in [0.2, 0.25) is 0 Å². The fourth-order valence-electron chi connectivity index (χ4n) is 3.08. The minimum Gasteiger partial charge on any atom is -0.354 e. The van der Waals surface area contributed by atoms with E-state index in [4.69, 9.17) is 5.73 Å². The van der Waals surface area contributed by atoms with Gasteiger partial charge in [0, 0.05) is 32.1 Å². The molecule has 5 nitrogen and oxygen atoms in total. The average molecular weight is 253 g/mol. The molecule has 2 fully saturated rings. The summed E-state index contributed by atoms with van der Waals surface area (Å²) < 4.78 is 0. The molecule has 0 aromatic heterocycles. The van der Waals surface area contributed by atoms with E-state index >= 15 is 0 Å². The van der Waals surface area contributed by atoms with Gasteiger partial charge in [0.2, 0.25) is 11.8 Å². The van der Waals surface area contributed by atoms with E-state index in [9.17, 15) is 9.59 Å². The van der Waals surface area contributed by atoms with Gasteiger partial charge in [-0.3, -0.25) is 9.59 Å². The highest BCUT2D eigenvalue weighted by atomic mass is 16.2. The van der Waals surface area contributed by atoms with Crippen LogP contribution in [0.3, 0.4) is 0 Å². The van der Waals surface area contributed by atoms with Crippen molar-refractivity contribution in [3.05, 3.63) is 0 Å². The molecule has 1 heterocycles. The number of nitrogens with zero attached hydrogens (tertiary/aromatic N) is 1. The number of nitrogens with one attached hydrogen (secondary N) is 1. The first-order valence-corrected chi connectivity index (χ1v) is 6.90. The molecule has 1 aliphatic heterocycles. The Morgan fingerprint density at radius 2 is 2.17 bits per heavy atom. The van der Waals surface area contributed by atoms with E-state index < -0.39 is 0 Å². The Bertz CT molecular complexity index is 322. The summed E-state index contributed by atoms with van der Waals surface area (Å²) in [6.45, 7) is 3.81. The van der Waals surface area contributed by atoms with Crippen LogP contribution in [0.1, 0.15) is 32.6 Å². The molecular formula is C13H23N3O2. The van der Waals surface area contributed by atoms with Gasteiger partial charge >= 0.3 is 0 Å². The van der Waals surface area contributed by atoms with E-state index in [0.29, 0.717) is 32.0 Å². The normalized spacial score (nSPS) is 33.8. The van der Waals surface area contributed by atoms with Crippen molar-refractivity contribution in [3.8, 4) is 0 Å². The fourth-order valence-corrected chi connectivity index (χ4v) is 3.08. The van der Waals surface area contributed by atoms with Crippen LogP contribution in [-0.4, -0.2) is 42.4 Å². The van der Waals surface area contributed by atoms with E-state index in [-0.39, 0.29) is 23.8 Å². The van der Waals surface area contributed by atoms with Gasteiger partial charge in [-0.1, -0.05) is 13.3 Å². The first-order chi connectivity index (χ1) is 8.59. The molecule has 1 aliphatic carbocycles. The van der Waals surface area contributed by atoms with Crippen molar-refractivity contribution in [1.82, 2.24) is 10.2 Å². The summed E-state index contributed by atoms with van der Waals surface area (Å²) in [6, 6.07) is -0.0202. The van der Waals surface area contributed by atoms with E-state index in [0.717, 1.165) is 19.3 Å². The van der Waals surface area contributed by atoms with Crippen LogP contribution in [0.15, 0.2) is 0 Å². The largest absolute Gasteiger partial charge is 0.354 e. The number of hydrogen-bond acceptors (Lipinski definition) is 3. The van der Waals surface area contributed by atoms with E-state index in [1.54, 1.807) is 0 Å². The Hall–Kier alpha value is -1.10. The SMILES string of the molecule is CC1CCCC(N)C1C(=O)N1CCNC(=O)CC1. The van der Waals surface area contributed by atoms with Crippen molar-refractivity contribution in [2.24, 2.45) is 17.6 Å². The Morgan fingerprint density at radius 1 is 1.39 bits per heavy atom. The van der Waals surface area contributed by atoms with Crippen molar-refractivity contribution in [2.75, 3.05) is 19.6 Å². The minimum atomic E-state index is -0.0630. The van der Waals surface area contributed by atoms with Crippen LogP contribution in [0.25, 0.3) is 0 Å². The van der Waals surface area contributed by atoms with E-state index in [1.807, 2.05) is 4.90 Å². The van der Waals surface area contributed by atoms with E-state index in [2.05, 4.69) is 12.2 Å². The maximum Gasteiger partial charge on any atom is 0.227 e. The molecule has 0 aromatic rings. The molecule has 3 atom stereocenters. The third kappa shape index (κ3) is 2.83. The molecule has 18 heavy (non-hydrogen) atoms. The van der Waals surface area contributed by atoms with Crippen molar-refractivity contribution in [1.29, 1.82) is 0 Å². The van der Waals surface area contributed by atoms with E-state index in [1.165, 1.54) is 0 Å². The Labute approximate surface area is 108 Å². The van der Waals surface area contributed by atoms with Crippen molar-refractivity contribution in [2.45, 2.75) is 38.6 Å². The van der Waals surface area contributed by atoms with Crippen molar-refractivity contribution in [3.63, 3.8) is 0 Å². The quantitative estimate of drug-likeness (QED) is 0.696. The first kappa shape index (κ1) is 13.3. The number of rotatable bonds is 1.